The zero-order valence-corrected chi connectivity index (χ0v) is 10.4. The third kappa shape index (κ3) is 2.78. The molecule has 1 aromatic carbocycles. The summed E-state index contributed by atoms with van der Waals surface area (Å²) in [6.07, 6.45) is 0. The maximum Gasteiger partial charge on any atom is 0.341 e. The van der Waals surface area contributed by atoms with Crippen molar-refractivity contribution in [3.05, 3.63) is 41.0 Å². The van der Waals surface area contributed by atoms with Gasteiger partial charge >= 0.3 is 11.9 Å². The molecule has 0 aliphatic heterocycles. The lowest BCUT2D eigenvalue weighted by molar-refractivity contribution is -0.130. The Morgan fingerprint density at radius 1 is 1.42 bits per heavy atom. The smallest absolute Gasteiger partial charge is 0.341 e. The van der Waals surface area contributed by atoms with Gasteiger partial charge in [-0.05, 0) is 25.5 Å². The van der Waals surface area contributed by atoms with Crippen LogP contribution in [0.1, 0.15) is 28.4 Å². The summed E-state index contributed by atoms with van der Waals surface area (Å²) in [6, 6.07) is 0.615. The Morgan fingerprint density at radius 3 is 2.47 bits per heavy atom. The Hall–Kier alpha value is -2.24. The minimum absolute atomic E-state index is 0.0164. The number of aliphatic carboxylic acids is 1. The number of hydrogen-bond acceptors (Lipinski definition) is 3. The number of carbonyl (C=O) groups excluding carboxylic acids is 1. The van der Waals surface area contributed by atoms with Crippen LogP contribution in [0.5, 0.6) is 0 Å². The fourth-order valence-electron chi connectivity index (χ4n) is 1.59. The predicted molar refractivity (Wildman–Crippen MR) is 63.7 cm³/mol. The van der Waals surface area contributed by atoms with Crippen LogP contribution < -0.4 is 0 Å². The molecule has 0 atom stereocenters. The van der Waals surface area contributed by atoms with Gasteiger partial charge in [0.2, 0.25) is 0 Å². The Balaban J connectivity index is 3.43. The number of rotatable bonds is 4. The van der Waals surface area contributed by atoms with Crippen LogP contribution in [-0.4, -0.2) is 23.7 Å². The molecule has 0 unspecified atom stereocenters. The predicted octanol–water partition coefficient (Wildman–Crippen LogP) is 2.55. The molecule has 1 aromatic rings. The van der Waals surface area contributed by atoms with E-state index in [0.717, 1.165) is 0 Å². The van der Waals surface area contributed by atoms with Gasteiger partial charge in [-0.3, -0.25) is 0 Å². The van der Waals surface area contributed by atoms with E-state index in [9.17, 15) is 18.4 Å². The van der Waals surface area contributed by atoms with Gasteiger partial charge in [-0.2, -0.15) is 0 Å². The van der Waals surface area contributed by atoms with Crippen LogP contribution in [0, 0.1) is 18.6 Å². The van der Waals surface area contributed by atoms with E-state index in [-0.39, 0.29) is 12.2 Å². The van der Waals surface area contributed by atoms with Crippen LogP contribution in [-0.2, 0) is 9.53 Å². The molecule has 0 spiro atoms. The largest absolute Gasteiger partial charge is 0.478 e. The van der Waals surface area contributed by atoms with Gasteiger partial charge in [0.1, 0.15) is 11.6 Å². The standard InChI is InChI=1S/C13H12F2O4/c1-4-19-13(18)8-5-9(14)10(6(2)11(8)15)7(3)12(16)17/h5H,3-4H2,1-2H3,(H,16,17). The van der Waals surface area contributed by atoms with Crippen molar-refractivity contribution >= 4 is 17.5 Å². The first-order valence-corrected chi connectivity index (χ1v) is 5.39. The molecule has 1 rings (SSSR count). The highest BCUT2D eigenvalue weighted by atomic mass is 19.1. The molecule has 0 saturated carbocycles. The maximum absolute atomic E-state index is 13.9. The molecule has 0 amide bonds. The summed E-state index contributed by atoms with van der Waals surface area (Å²) in [5.41, 5.74) is -1.91. The average molecular weight is 270 g/mol. The van der Waals surface area contributed by atoms with Gasteiger partial charge in [0.25, 0.3) is 0 Å². The second-order valence-corrected chi connectivity index (χ2v) is 3.72. The van der Waals surface area contributed by atoms with E-state index in [1.807, 2.05) is 0 Å². The third-order valence-electron chi connectivity index (χ3n) is 2.51. The van der Waals surface area contributed by atoms with E-state index < -0.39 is 40.3 Å². The monoisotopic (exact) mass is 270 g/mol. The highest BCUT2D eigenvalue weighted by molar-refractivity contribution is 6.15. The topological polar surface area (TPSA) is 63.6 Å². The molecular weight excluding hydrogens is 258 g/mol. The maximum atomic E-state index is 13.9. The Kier molecular flexibility index (Phi) is 4.37. The molecule has 0 aromatic heterocycles. The van der Waals surface area contributed by atoms with Crippen molar-refractivity contribution < 1.29 is 28.2 Å². The van der Waals surface area contributed by atoms with E-state index in [1.165, 1.54) is 13.8 Å². The van der Waals surface area contributed by atoms with Crippen molar-refractivity contribution in [2.75, 3.05) is 6.61 Å². The number of benzene rings is 1. The lowest BCUT2D eigenvalue weighted by Gasteiger charge is -2.11. The summed E-state index contributed by atoms with van der Waals surface area (Å²) in [4.78, 5) is 22.2. The van der Waals surface area contributed by atoms with Crippen LogP contribution in [0.15, 0.2) is 12.6 Å². The molecule has 6 heteroatoms. The number of carboxylic acids is 1. The summed E-state index contributed by atoms with van der Waals surface area (Å²) in [7, 11) is 0. The van der Waals surface area contributed by atoms with E-state index in [4.69, 9.17) is 5.11 Å². The van der Waals surface area contributed by atoms with Crippen molar-refractivity contribution in [3.63, 3.8) is 0 Å². The fraction of sp³-hybridized carbons (Fsp3) is 0.231. The average Bonchev–Trinajstić information content (AvgIpc) is 2.33. The third-order valence-corrected chi connectivity index (χ3v) is 2.51. The zero-order chi connectivity index (χ0) is 14.7. The summed E-state index contributed by atoms with van der Waals surface area (Å²) >= 11 is 0. The molecule has 0 saturated heterocycles. The van der Waals surface area contributed by atoms with Crippen molar-refractivity contribution in [3.8, 4) is 0 Å². The van der Waals surface area contributed by atoms with E-state index in [2.05, 4.69) is 11.3 Å². The van der Waals surface area contributed by atoms with Crippen LogP contribution in [0.4, 0.5) is 8.78 Å². The molecule has 1 N–H and O–H groups in total. The molecule has 0 aliphatic rings. The van der Waals surface area contributed by atoms with Gasteiger partial charge in [0.15, 0.2) is 0 Å². The van der Waals surface area contributed by atoms with Crippen molar-refractivity contribution in [2.24, 2.45) is 0 Å². The zero-order valence-electron chi connectivity index (χ0n) is 10.4. The molecule has 0 fully saturated rings. The first-order chi connectivity index (χ1) is 8.81. The molecule has 0 bridgehead atoms. The molecule has 4 nitrogen and oxygen atoms in total. The normalized spacial score (nSPS) is 10.1. The van der Waals surface area contributed by atoms with Crippen molar-refractivity contribution in [1.29, 1.82) is 0 Å². The number of ether oxygens (including phenoxy) is 1. The first-order valence-electron chi connectivity index (χ1n) is 5.39. The Bertz CT molecular complexity index is 564. The van der Waals surface area contributed by atoms with Crippen LogP contribution in [0.2, 0.25) is 0 Å². The summed E-state index contributed by atoms with van der Waals surface area (Å²) in [5.74, 6) is -4.52. The van der Waals surface area contributed by atoms with Crippen LogP contribution >= 0.6 is 0 Å². The highest BCUT2D eigenvalue weighted by Gasteiger charge is 2.24. The minimum Gasteiger partial charge on any atom is -0.478 e. The number of halogens is 2. The minimum atomic E-state index is -1.47. The van der Waals surface area contributed by atoms with Crippen LogP contribution in [0.3, 0.4) is 0 Å². The van der Waals surface area contributed by atoms with Gasteiger partial charge in [-0.25, -0.2) is 18.4 Å². The van der Waals surface area contributed by atoms with Gasteiger partial charge in [0, 0.05) is 5.56 Å². The summed E-state index contributed by atoms with van der Waals surface area (Å²) in [6.45, 7) is 5.89. The molecule has 102 valence electrons. The second kappa shape index (κ2) is 5.60. The molecule has 19 heavy (non-hydrogen) atoms. The SMILES string of the molecule is C=C(C(=O)O)c1c(F)cc(C(=O)OCC)c(F)c1C. The lowest BCUT2D eigenvalue weighted by atomic mass is 9.97. The number of carboxylic acid groups (broad SMARTS) is 1. The summed E-state index contributed by atoms with van der Waals surface area (Å²) < 4.78 is 32.3. The lowest BCUT2D eigenvalue weighted by Crippen LogP contribution is -2.12. The molecule has 0 aliphatic carbocycles. The number of carbonyl (C=O) groups is 2. The van der Waals surface area contributed by atoms with Gasteiger partial charge in [-0.15, -0.1) is 0 Å². The summed E-state index contributed by atoms with van der Waals surface area (Å²) in [5, 5.41) is 8.76. The van der Waals surface area contributed by atoms with E-state index in [1.54, 1.807) is 0 Å². The van der Waals surface area contributed by atoms with Gasteiger partial charge in [0.05, 0.1) is 17.7 Å². The van der Waals surface area contributed by atoms with Crippen LogP contribution in [0.25, 0.3) is 5.57 Å². The fourth-order valence-corrected chi connectivity index (χ4v) is 1.59. The van der Waals surface area contributed by atoms with Crippen molar-refractivity contribution in [2.45, 2.75) is 13.8 Å². The molecule has 0 radical (unpaired) electrons. The highest BCUT2D eigenvalue weighted by Crippen LogP contribution is 2.26. The molecular formula is C13H12F2O4. The second-order valence-electron chi connectivity index (χ2n) is 3.72. The number of esters is 1. The van der Waals surface area contributed by atoms with Gasteiger partial charge in [-0.1, -0.05) is 6.58 Å². The Morgan fingerprint density at radius 2 is 2.00 bits per heavy atom. The van der Waals surface area contributed by atoms with Crippen molar-refractivity contribution in [1.82, 2.24) is 0 Å². The first kappa shape index (κ1) is 14.8. The quantitative estimate of drug-likeness (QED) is 0.674. The molecule has 0 heterocycles. The Labute approximate surface area is 108 Å². The number of hydrogen-bond donors (Lipinski definition) is 1. The van der Waals surface area contributed by atoms with E-state index >= 15 is 0 Å². The van der Waals surface area contributed by atoms with E-state index in [0.29, 0.717) is 6.07 Å². The van der Waals surface area contributed by atoms with Gasteiger partial charge < -0.3 is 9.84 Å².